The van der Waals surface area contributed by atoms with Gasteiger partial charge >= 0.3 is 0 Å². The van der Waals surface area contributed by atoms with Gasteiger partial charge in [-0.3, -0.25) is 4.57 Å². The van der Waals surface area contributed by atoms with Crippen molar-refractivity contribution in [3.8, 4) is 5.69 Å². The van der Waals surface area contributed by atoms with Crippen molar-refractivity contribution < 1.29 is 0 Å². The van der Waals surface area contributed by atoms with Crippen LogP contribution in [0.5, 0.6) is 0 Å². The molecule has 1 fully saturated rings. The van der Waals surface area contributed by atoms with E-state index in [1.54, 1.807) is 0 Å². The highest BCUT2D eigenvalue weighted by Gasteiger charge is 2.23. The molecule has 0 atom stereocenters. The lowest BCUT2D eigenvalue weighted by atomic mass is 10.0. The third-order valence-electron chi connectivity index (χ3n) is 5.74. The summed E-state index contributed by atoms with van der Waals surface area (Å²) >= 11 is 0. The number of para-hydroxylation sites is 1. The third kappa shape index (κ3) is 2.75. The van der Waals surface area contributed by atoms with Crippen LogP contribution in [0.25, 0.3) is 27.6 Å². The molecule has 1 aliphatic rings. The average molecular weight is 371 g/mol. The molecule has 4 heteroatoms. The van der Waals surface area contributed by atoms with E-state index in [9.17, 15) is 0 Å². The number of benzene rings is 2. The number of nitrogens with one attached hydrogen (secondary N) is 1. The van der Waals surface area contributed by atoms with Crippen LogP contribution in [0.15, 0.2) is 36.4 Å². The van der Waals surface area contributed by atoms with Gasteiger partial charge in [0.05, 0.1) is 16.6 Å². The largest absolute Gasteiger partial charge is 0.369 e. The Kier molecular flexibility index (Phi) is 3.90. The summed E-state index contributed by atoms with van der Waals surface area (Å²) in [5.41, 5.74) is 7.22. The Bertz CT molecular complexity index is 1190. The van der Waals surface area contributed by atoms with Crippen LogP contribution in [0.1, 0.15) is 35.4 Å². The van der Waals surface area contributed by atoms with Gasteiger partial charge in [0.15, 0.2) is 5.65 Å². The first kappa shape index (κ1) is 17.2. The SMILES string of the molecule is Cc1cc(C)c(-n2c3ccccc3c3c(NCC4CC4)nc(C)nc32)c(C)c1. The molecule has 4 nitrogen and oxygen atoms in total. The van der Waals surface area contributed by atoms with Crippen molar-refractivity contribution >= 4 is 27.8 Å². The molecule has 142 valence electrons. The van der Waals surface area contributed by atoms with Crippen LogP contribution >= 0.6 is 0 Å². The van der Waals surface area contributed by atoms with E-state index in [1.165, 1.54) is 46.1 Å². The Morgan fingerprint density at radius 2 is 1.71 bits per heavy atom. The summed E-state index contributed by atoms with van der Waals surface area (Å²) in [6.45, 7) is 9.51. The Hall–Kier alpha value is -2.88. The summed E-state index contributed by atoms with van der Waals surface area (Å²) in [5.74, 6) is 2.56. The van der Waals surface area contributed by atoms with Crippen molar-refractivity contribution in [2.75, 3.05) is 11.9 Å². The molecular weight excluding hydrogens is 344 g/mol. The molecule has 2 aromatic heterocycles. The van der Waals surface area contributed by atoms with E-state index in [2.05, 4.69) is 67.1 Å². The molecule has 1 saturated carbocycles. The molecule has 4 aromatic rings. The number of hydrogen-bond acceptors (Lipinski definition) is 3. The molecule has 2 heterocycles. The summed E-state index contributed by atoms with van der Waals surface area (Å²) in [7, 11) is 0. The monoisotopic (exact) mass is 370 g/mol. The highest BCUT2D eigenvalue weighted by molar-refractivity contribution is 6.13. The van der Waals surface area contributed by atoms with Gasteiger partial charge < -0.3 is 5.32 Å². The molecule has 0 unspecified atom stereocenters. The first-order chi connectivity index (χ1) is 13.5. The van der Waals surface area contributed by atoms with Gasteiger partial charge in [-0.25, -0.2) is 9.97 Å². The van der Waals surface area contributed by atoms with E-state index < -0.39 is 0 Å². The first-order valence-corrected chi connectivity index (χ1v) is 10.1. The summed E-state index contributed by atoms with van der Waals surface area (Å²) < 4.78 is 2.33. The highest BCUT2D eigenvalue weighted by atomic mass is 15.1. The molecule has 2 aromatic carbocycles. The molecule has 0 spiro atoms. The molecule has 0 radical (unpaired) electrons. The van der Waals surface area contributed by atoms with Crippen LogP contribution in [0, 0.1) is 33.6 Å². The smallest absolute Gasteiger partial charge is 0.151 e. The van der Waals surface area contributed by atoms with Gasteiger partial charge in [-0.15, -0.1) is 0 Å². The van der Waals surface area contributed by atoms with Gasteiger partial charge in [0.2, 0.25) is 0 Å². The lowest BCUT2D eigenvalue weighted by molar-refractivity contribution is 0.880. The van der Waals surface area contributed by atoms with Gasteiger partial charge in [-0.1, -0.05) is 35.9 Å². The lowest BCUT2D eigenvalue weighted by Crippen LogP contribution is -2.08. The molecule has 1 N–H and O–H groups in total. The molecule has 0 aliphatic heterocycles. The van der Waals surface area contributed by atoms with Crippen molar-refractivity contribution in [2.45, 2.75) is 40.5 Å². The lowest BCUT2D eigenvalue weighted by Gasteiger charge is -2.15. The maximum atomic E-state index is 4.91. The zero-order valence-corrected chi connectivity index (χ0v) is 17.0. The molecule has 0 amide bonds. The third-order valence-corrected chi connectivity index (χ3v) is 5.74. The van der Waals surface area contributed by atoms with Crippen LogP contribution < -0.4 is 5.32 Å². The van der Waals surface area contributed by atoms with Crippen LogP contribution in [-0.2, 0) is 0 Å². The van der Waals surface area contributed by atoms with Crippen LogP contribution in [0.2, 0.25) is 0 Å². The minimum Gasteiger partial charge on any atom is -0.369 e. The minimum absolute atomic E-state index is 0.792. The second-order valence-electron chi connectivity index (χ2n) is 8.24. The Labute approximate surface area is 165 Å². The van der Waals surface area contributed by atoms with E-state index in [-0.39, 0.29) is 0 Å². The van der Waals surface area contributed by atoms with Crippen molar-refractivity contribution in [2.24, 2.45) is 5.92 Å². The van der Waals surface area contributed by atoms with Crippen molar-refractivity contribution in [1.82, 2.24) is 14.5 Å². The molecular formula is C24H26N4. The molecule has 0 saturated heterocycles. The highest BCUT2D eigenvalue weighted by Crippen LogP contribution is 2.37. The summed E-state index contributed by atoms with van der Waals surface area (Å²) in [5, 5.41) is 5.95. The summed E-state index contributed by atoms with van der Waals surface area (Å²) in [6, 6.07) is 13.1. The van der Waals surface area contributed by atoms with Crippen LogP contribution in [0.4, 0.5) is 5.82 Å². The van der Waals surface area contributed by atoms with Gasteiger partial charge in [0.25, 0.3) is 0 Å². The minimum atomic E-state index is 0.792. The maximum Gasteiger partial charge on any atom is 0.151 e. The van der Waals surface area contributed by atoms with Gasteiger partial charge in [0, 0.05) is 11.9 Å². The molecule has 28 heavy (non-hydrogen) atoms. The number of aryl methyl sites for hydroxylation is 4. The Balaban J connectivity index is 1.86. The maximum absolute atomic E-state index is 4.91. The number of fused-ring (bicyclic) bond motifs is 3. The fraction of sp³-hybridized carbons (Fsp3) is 0.333. The fourth-order valence-corrected chi connectivity index (χ4v) is 4.40. The zero-order valence-electron chi connectivity index (χ0n) is 17.0. The van der Waals surface area contributed by atoms with Crippen LogP contribution in [0.3, 0.4) is 0 Å². The second-order valence-corrected chi connectivity index (χ2v) is 8.24. The van der Waals surface area contributed by atoms with Crippen molar-refractivity contribution in [3.63, 3.8) is 0 Å². The van der Waals surface area contributed by atoms with Gasteiger partial charge in [-0.05, 0) is 63.6 Å². The standard InChI is InChI=1S/C24H26N4/c1-14-11-15(2)22(16(3)12-14)28-20-8-6-5-7-19(20)21-23(25-13-18-9-10-18)26-17(4)27-24(21)28/h5-8,11-12,18H,9-10,13H2,1-4H3,(H,25,26,27). The topological polar surface area (TPSA) is 42.7 Å². The number of anilines is 1. The van der Waals surface area contributed by atoms with E-state index in [0.717, 1.165) is 35.1 Å². The van der Waals surface area contributed by atoms with Gasteiger partial charge in [0.1, 0.15) is 11.6 Å². The predicted octanol–water partition coefficient (Wildman–Crippen LogP) is 5.63. The van der Waals surface area contributed by atoms with Gasteiger partial charge in [-0.2, -0.15) is 0 Å². The number of rotatable bonds is 4. The second kappa shape index (κ2) is 6.33. The van der Waals surface area contributed by atoms with E-state index in [0.29, 0.717) is 0 Å². The van der Waals surface area contributed by atoms with Crippen molar-refractivity contribution in [3.05, 3.63) is 58.9 Å². The van der Waals surface area contributed by atoms with Crippen molar-refractivity contribution in [1.29, 1.82) is 0 Å². The van der Waals surface area contributed by atoms with E-state index >= 15 is 0 Å². The molecule has 5 rings (SSSR count). The predicted molar refractivity (Wildman–Crippen MR) is 117 cm³/mol. The normalized spacial score (nSPS) is 14.1. The molecule has 1 aliphatic carbocycles. The number of hydrogen-bond donors (Lipinski definition) is 1. The van der Waals surface area contributed by atoms with Crippen LogP contribution in [-0.4, -0.2) is 21.1 Å². The fourth-order valence-electron chi connectivity index (χ4n) is 4.40. The average Bonchev–Trinajstić information content (AvgIpc) is 3.42. The Morgan fingerprint density at radius 1 is 1.00 bits per heavy atom. The Morgan fingerprint density at radius 3 is 2.43 bits per heavy atom. The first-order valence-electron chi connectivity index (χ1n) is 10.1. The number of aromatic nitrogens is 3. The van der Waals surface area contributed by atoms with E-state index in [4.69, 9.17) is 9.97 Å². The number of nitrogens with zero attached hydrogens (tertiary/aromatic N) is 3. The quantitative estimate of drug-likeness (QED) is 0.506. The summed E-state index contributed by atoms with van der Waals surface area (Å²) in [6.07, 6.45) is 2.65. The zero-order chi connectivity index (χ0) is 19.4. The summed E-state index contributed by atoms with van der Waals surface area (Å²) in [4.78, 5) is 9.69. The van der Waals surface area contributed by atoms with E-state index in [1.807, 2.05) is 6.92 Å². The molecule has 0 bridgehead atoms.